The topological polar surface area (TPSA) is 110 Å². The summed E-state index contributed by atoms with van der Waals surface area (Å²) < 4.78 is 12.0. The van der Waals surface area contributed by atoms with Crippen LogP contribution >= 0.6 is 0 Å². The van der Waals surface area contributed by atoms with Crippen molar-refractivity contribution >= 4 is 22.6 Å². The molecule has 0 amide bonds. The number of pyridine rings is 1. The van der Waals surface area contributed by atoms with Gasteiger partial charge in [-0.2, -0.15) is 5.26 Å². The standard InChI is InChI=1S/C33H32N4O3/c1-2-39-30(38)18-24-4-3-5-25(20-34)31(24)40-29-19-33(11-14-36-15-12-33)28-9-8-23(17-27(28)29)22-7-6-21-10-13-37-32(35)26(21)16-22/h3-10,13,16-17,29,36H,2,11-12,14-15,18-19H2,1H3,(H2,35,37). The number of rotatable bonds is 6. The molecular formula is C33H32N4O3. The highest BCUT2D eigenvalue weighted by Gasteiger charge is 2.45. The number of nitrogens with two attached hydrogens (primary N) is 1. The summed E-state index contributed by atoms with van der Waals surface area (Å²) in [5.74, 6) is 0.643. The van der Waals surface area contributed by atoms with Gasteiger partial charge in [-0.1, -0.05) is 36.4 Å². The first-order valence-corrected chi connectivity index (χ1v) is 13.9. The van der Waals surface area contributed by atoms with Crippen molar-refractivity contribution in [2.45, 2.75) is 44.1 Å². The zero-order chi connectivity index (χ0) is 27.7. The van der Waals surface area contributed by atoms with Gasteiger partial charge in [0.05, 0.1) is 18.6 Å². The van der Waals surface area contributed by atoms with E-state index in [1.54, 1.807) is 25.3 Å². The molecule has 40 heavy (non-hydrogen) atoms. The van der Waals surface area contributed by atoms with Crippen LogP contribution in [0.3, 0.4) is 0 Å². The number of aromatic nitrogens is 1. The highest BCUT2D eigenvalue weighted by atomic mass is 16.5. The van der Waals surface area contributed by atoms with Crippen molar-refractivity contribution in [3.63, 3.8) is 0 Å². The average Bonchev–Trinajstić information content (AvgIpc) is 3.26. The molecule has 1 saturated heterocycles. The van der Waals surface area contributed by atoms with Gasteiger partial charge in [0.2, 0.25) is 0 Å². The second-order valence-corrected chi connectivity index (χ2v) is 10.7. The highest BCUT2D eigenvalue weighted by molar-refractivity contribution is 5.94. The number of benzene rings is 3. The lowest BCUT2D eigenvalue weighted by Gasteiger charge is -2.35. The van der Waals surface area contributed by atoms with Gasteiger partial charge in [0, 0.05) is 22.6 Å². The number of hydrogen-bond donors (Lipinski definition) is 2. The Bertz CT molecular complexity index is 1640. The number of carbonyl (C=O) groups is 1. The van der Waals surface area contributed by atoms with Crippen LogP contribution in [0.1, 0.15) is 54.5 Å². The average molecular weight is 533 g/mol. The number of fused-ring (bicyclic) bond motifs is 3. The first-order chi connectivity index (χ1) is 19.5. The molecule has 1 aliphatic heterocycles. The Balaban J connectivity index is 1.42. The molecular weight excluding hydrogens is 500 g/mol. The summed E-state index contributed by atoms with van der Waals surface area (Å²) in [6.07, 6.45) is 4.39. The number of nitrogen functional groups attached to an aromatic ring is 1. The monoisotopic (exact) mass is 532 g/mol. The third-order valence-electron chi connectivity index (χ3n) is 8.35. The summed E-state index contributed by atoms with van der Waals surface area (Å²) in [5, 5.41) is 15.4. The van der Waals surface area contributed by atoms with Crippen molar-refractivity contribution < 1.29 is 14.3 Å². The molecule has 3 aromatic carbocycles. The van der Waals surface area contributed by atoms with E-state index in [2.05, 4.69) is 52.8 Å². The fourth-order valence-corrected chi connectivity index (χ4v) is 6.38. The number of ether oxygens (including phenoxy) is 2. The minimum absolute atomic E-state index is 0.00437. The Kier molecular flexibility index (Phi) is 6.87. The number of nitrogens with one attached hydrogen (secondary N) is 1. The van der Waals surface area contributed by atoms with Crippen LogP contribution in [0.2, 0.25) is 0 Å². The maximum atomic E-state index is 12.4. The second kappa shape index (κ2) is 10.6. The van der Waals surface area contributed by atoms with E-state index in [-0.39, 0.29) is 23.9 Å². The van der Waals surface area contributed by atoms with E-state index in [4.69, 9.17) is 15.2 Å². The van der Waals surface area contributed by atoms with Crippen LogP contribution in [-0.2, 0) is 21.4 Å². The Morgan fingerprint density at radius 2 is 1.93 bits per heavy atom. The Labute approximate surface area is 233 Å². The van der Waals surface area contributed by atoms with Crippen LogP contribution < -0.4 is 15.8 Å². The van der Waals surface area contributed by atoms with Gasteiger partial charge in [-0.15, -0.1) is 0 Å². The van der Waals surface area contributed by atoms with E-state index in [1.807, 2.05) is 12.1 Å². The highest BCUT2D eigenvalue weighted by Crippen LogP contribution is 2.52. The molecule has 1 fully saturated rings. The van der Waals surface area contributed by atoms with Crippen molar-refractivity contribution in [3.05, 3.63) is 89.1 Å². The van der Waals surface area contributed by atoms with Crippen molar-refractivity contribution in [1.29, 1.82) is 5.26 Å². The van der Waals surface area contributed by atoms with Gasteiger partial charge in [0.25, 0.3) is 0 Å². The first kappa shape index (κ1) is 25.8. The molecule has 7 nitrogen and oxygen atoms in total. The molecule has 1 aromatic heterocycles. The number of hydrogen-bond acceptors (Lipinski definition) is 7. The predicted octanol–water partition coefficient (Wildman–Crippen LogP) is 5.61. The molecule has 2 aliphatic rings. The zero-order valence-electron chi connectivity index (χ0n) is 22.6. The summed E-state index contributed by atoms with van der Waals surface area (Å²) in [6.45, 7) is 3.99. The van der Waals surface area contributed by atoms with Gasteiger partial charge >= 0.3 is 5.97 Å². The second-order valence-electron chi connectivity index (χ2n) is 10.7. The van der Waals surface area contributed by atoms with E-state index >= 15 is 0 Å². The fourth-order valence-electron chi connectivity index (χ4n) is 6.38. The lowest BCUT2D eigenvalue weighted by atomic mass is 9.74. The molecule has 0 saturated carbocycles. The molecule has 7 heteroatoms. The van der Waals surface area contributed by atoms with Crippen molar-refractivity contribution in [3.8, 4) is 22.9 Å². The SMILES string of the molecule is CCOC(=O)Cc1cccc(C#N)c1OC1CC2(CCNCC2)c2ccc(-c3ccc4ccnc(N)c4c3)cc21. The van der Waals surface area contributed by atoms with E-state index in [9.17, 15) is 10.1 Å². The van der Waals surface area contributed by atoms with Crippen molar-refractivity contribution in [1.82, 2.24) is 10.3 Å². The predicted molar refractivity (Wildman–Crippen MR) is 155 cm³/mol. The third kappa shape index (κ3) is 4.65. The summed E-state index contributed by atoms with van der Waals surface area (Å²) in [6, 6.07) is 22.5. The summed E-state index contributed by atoms with van der Waals surface area (Å²) in [7, 11) is 0. The molecule has 0 radical (unpaired) electrons. The fraction of sp³-hybridized carbons (Fsp3) is 0.303. The molecule has 3 N–H and O–H groups in total. The molecule has 6 rings (SSSR count). The molecule has 1 aliphatic carbocycles. The number of anilines is 1. The van der Waals surface area contributed by atoms with Crippen molar-refractivity contribution in [2.75, 3.05) is 25.4 Å². The lowest BCUT2D eigenvalue weighted by molar-refractivity contribution is -0.142. The number of nitriles is 1. The minimum Gasteiger partial charge on any atom is -0.484 e. The molecule has 1 spiro atoms. The molecule has 1 unspecified atom stereocenters. The number of para-hydroxylation sites is 1. The quantitative estimate of drug-likeness (QED) is 0.311. The zero-order valence-corrected chi connectivity index (χ0v) is 22.6. The van der Waals surface area contributed by atoms with Crippen LogP contribution in [0.5, 0.6) is 5.75 Å². The van der Waals surface area contributed by atoms with E-state index in [0.717, 1.165) is 59.8 Å². The van der Waals surface area contributed by atoms with E-state index in [1.165, 1.54) is 5.56 Å². The number of piperidine rings is 1. The normalized spacial score (nSPS) is 17.4. The molecule has 1 atom stereocenters. The summed E-state index contributed by atoms with van der Waals surface area (Å²) >= 11 is 0. The van der Waals surface area contributed by atoms with Crippen LogP contribution in [0.15, 0.2) is 66.9 Å². The number of nitrogens with zero attached hydrogens (tertiary/aromatic N) is 2. The Morgan fingerprint density at radius 1 is 1.12 bits per heavy atom. The van der Waals surface area contributed by atoms with E-state index in [0.29, 0.717) is 29.3 Å². The van der Waals surface area contributed by atoms with Crippen LogP contribution in [0.4, 0.5) is 5.82 Å². The molecule has 0 bridgehead atoms. The number of carbonyl (C=O) groups excluding carboxylic acids is 1. The van der Waals surface area contributed by atoms with Gasteiger partial charge in [-0.3, -0.25) is 4.79 Å². The minimum atomic E-state index is -0.337. The largest absolute Gasteiger partial charge is 0.484 e. The Hall–Kier alpha value is -4.41. The van der Waals surface area contributed by atoms with Gasteiger partial charge in [-0.05, 0) is 91.2 Å². The van der Waals surface area contributed by atoms with Crippen LogP contribution in [0.25, 0.3) is 21.9 Å². The van der Waals surface area contributed by atoms with E-state index < -0.39 is 0 Å². The van der Waals surface area contributed by atoms with Crippen molar-refractivity contribution in [2.24, 2.45) is 0 Å². The lowest BCUT2D eigenvalue weighted by Crippen LogP contribution is -2.38. The van der Waals surface area contributed by atoms with Gasteiger partial charge < -0.3 is 20.5 Å². The maximum absolute atomic E-state index is 12.4. The first-order valence-electron chi connectivity index (χ1n) is 13.9. The van der Waals surface area contributed by atoms with Gasteiger partial charge in [0.1, 0.15) is 23.7 Å². The summed E-state index contributed by atoms with van der Waals surface area (Å²) in [4.78, 5) is 16.6. The van der Waals surface area contributed by atoms with Gasteiger partial charge in [0.15, 0.2) is 0 Å². The Morgan fingerprint density at radius 3 is 2.73 bits per heavy atom. The van der Waals surface area contributed by atoms with Gasteiger partial charge in [-0.25, -0.2) is 4.98 Å². The van der Waals surface area contributed by atoms with Crippen LogP contribution in [-0.4, -0.2) is 30.6 Å². The number of esters is 1. The smallest absolute Gasteiger partial charge is 0.310 e. The third-order valence-corrected chi connectivity index (χ3v) is 8.35. The molecule has 2 heterocycles. The molecule has 202 valence electrons. The molecule has 4 aromatic rings. The van der Waals surface area contributed by atoms with Crippen LogP contribution in [0, 0.1) is 11.3 Å². The summed E-state index contributed by atoms with van der Waals surface area (Å²) in [5.41, 5.74) is 11.9. The maximum Gasteiger partial charge on any atom is 0.310 e.